The number of rotatable bonds is 0. The van der Waals surface area contributed by atoms with E-state index in [0.29, 0.717) is 0 Å². The van der Waals surface area contributed by atoms with Crippen molar-refractivity contribution in [1.82, 2.24) is 28.7 Å². The fourth-order valence-electron chi connectivity index (χ4n) is 6.29. The molecule has 7 aliphatic rings. The van der Waals surface area contributed by atoms with Gasteiger partial charge in [-0.1, -0.05) is 0 Å². The fourth-order valence-corrected chi connectivity index (χ4v) is 8.47. The third kappa shape index (κ3) is 3.17. The van der Waals surface area contributed by atoms with Gasteiger partial charge in [0.05, 0.1) is 0 Å². The van der Waals surface area contributed by atoms with E-state index in [2.05, 4.69) is 87.5 Å². The molecule has 0 saturated heterocycles. The van der Waals surface area contributed by atoms with Crippen LogP contribution >= 0.6 is 7.59 Å². The van der Waals surface area contributed by atoms with Crippen LogP contribution in [0, 0.1) is 38.2 Å². The van der Waals surface area contributed by atoms with Gasteiger partial charge in [-0.05, 0) is 37.2 Å². The standard InChI is InChI=1S/C30H21N6OP.Ir/c37-38-34-13-10-31(19-34)28-22-4-1-5-23(16-22)29(32-11-14-35(38)20-32)25-7-3-9-27(18-25)30(33-12-15-36(38)21-33)26-8-2-6-24(28)17-26;/h1-15,19-21,28-30H;/q-6;. The monoisotopic (exact) mass is 705 g/mol. The Morgan fingerprint density at radius 3 is 1.08 bits per heavy atom. The Morgan fingerprint density at radius 2 is 0.795 bits per heavy atom. The van der Waals surface area contributed by atoms with Gasteiger partial charge in [0, 0.05) is 38.2 Å². The van der Waals surface area contributed by atoms with Crippen molar-refractivity contribution in [1.29, 1.82) is 0 Å². The van der Waals surface area contributed by atoms with Gasteiger partial charge in [0.1, 0.15) is 0 Å². The predicted molar refractivity (Wildman–Crippen MR) is 140 cm³/mol. The van der Waals surface area contributed by atoms with Crippen LogP contribution < -0.4 is 0 Å². The van der Waals surface area contributed by atoms with E-state index in [-0.39, 0.29) is 38.2 Å². The Bertz CT molecular complexity index is 1390. The molecule has 0 fully saturated rings. The van der Waals surface area contributed by atoms with Crippen LogP contribution in [-0.4, -0.2) is 28.7 Å². The molecule has 1 radical (unpaired) electrons. The number of hydrogen-bond donors (Lipinski definition) is 0. The molecule has 10 rings (SSSR count). The topological polar surface area (TPSA) is 36.5 Å². The zero-order valence-electron chi connectivity index (χ0n) is 20.5. The summed E-state index contributed by atoms with van der Waals surface area (Å²) in [7, 11) is -3.40. The molecule has 39 heavy (non-hydrogen) atoms. The molecule has 0 N–H and O–H groups in total. The van der Waals surface area contributed by atoms with Crippen LogP contribution in [0.2, 0.25) is 0 Å². The number of hydrogen-bond acceptors (Lipinski definition) is 4. The molecule has 197 valence electrons. The Labute approximate surface area is 241 Å². The van der Waals surface area contributed by atoms with Gasteiger partial charge in [-0.15, -0.1) is 53.4 Å². The molecule has 16 bridgehead atoms. The van der Waals surface area contributed by atoms with E-state index >= 15 is 4.57 Å². The van der Waals surface area contributed by atoms with Gasteiger partial charge in [-0.3, -0.25) is 4.57 Å². The summed E-state index contributed by atoms with van der Waals surface area (Å²) in [4.78, 5) is 6.37. The van der Waals surface area contributed by atoms with Crippen LogP contribution in [0.4, 0.5) is 0 Å². The number of nitrogens with zero attached hydrogens (tertiary/aromatic N) is 6. The molecule has 7 nitrogen and oxygen atoms in total. The maximum absolute atomic E-state index is 15.3. The first-order valence-corrected chi connectivity index (χ1v) is 14.2. The van der Waals surface area contributed by atoms with Gasteiger partial charge < -0.3 is 28.7 Å². The summed E-state index contributed by atoms with van der Waals surface area (Å²) in [5.41, 5.74) is 6.15. The van der Waals surface area contributed by atoms with Crippen molar-refractivity contribution in [3.63, 3.8) is 0 Å². The van der Waals surface area contributed by atoms with Gasteiger partial charge in [0.25, 0.3) is 7.59 Å². The first-order chi connectivity index (χ1) is 18.7. The molecule has 9 heteroatoms. The first kappa shape index (κ1) is 23.4. The summed E-state index contributed by atoms with van der Waals surface area (Å²) in [6.45, 7) is 5.84. The van der Waals surface area contributed by atoms with Gasteiger partial charge in [-0.25, -0.2) is 0 Å². The molecule has 0 saturated carbocycles. The van der Waals surface area contributed by atoms with Crippen molar-refractivity contribution in [3.8, 4) is 0 Å². The summed E-state index contributed by atoms with van der Waals surface area (Å²) in [6.07, 6.45) is 11.7. The van der Waals surface area contributed by atoms with Crippen molar-refractivity contribution in [2.24, 2.45) is 0 Å². The summed E-state index contributed by atoms with van der Waals surface area (Å²) in [5.74, 6) is 0. The maximum Gasteiger partial charge on any atom is 0.277 e. The SMILES string of the molecule is O=P12N3C=CN([CH-]3)C3c4[c-]c(ccc4)C(c4[c-]c(ccc4)C(c4[c-]c3ccc4)N3C=CN1[CH-]3)N1C=CN2[CH-]1.[Ir]. The molecule has 0 amide bonds. The van der Waals surface area contributed by atoms with Crippen molar-refractivity contribution >= 4 is 7.59 Å². The average molecular weight is 705 g/mol. The largest absolute Gasteiger partial charge is 0.501 e. The van der Waals surface area contributed by atoms with Gasteiger partial charge in [0.2, 0.25) is 0 Å². The zero-order valence-corrected chi connectivity index (χ0v) is 23.8. The van der Waals surface area contributed by atoms with Crippen LogP contribution in [0.3, 0.4) is 0 Å². The number of benzene rings is 3. The van der Waals surface area contributed by atoms with Crippen LogP contribution in [0.25, 0.3) is 0 Å². The molecule has 1 aliphatic carbocycles. The minimum atomic E-state index is -3.40. The summed E-state index contributed by atoms with van der Waals surface area (Å²) < 4.78 is 20.8. The van der Waals surface area contributed by atoms with E-state index in [1.54, 1.807) is 0 Å². The second-order valence-electron chi connectivity index (χ2n) is 10.1. The minimum Gasteiger partial charge on any atom is -0.501 e. The predicted octanol–water partition coefficient (Wildman–Crippen LogP) is 5.43. The normalized spacial score (nSPS) is 28.4. The van der Waals surface area contributed by atoms with Crippen LogP contribution in [0.1, 0.15) is 51.5 Å². The Balaban J connectivity index is 0.00000235. The van der Waals surface area contributed by atoms with Gasteiger partial charge in [0.15, 0.2) is 0 Å². The van der Waals surface area contributed by atoms with E-state index in [1.165, 1.54) is 0 Å². The Kier molecular flexibility index (Phi) is 4.98. The Hall–Kier alpha value is -3.44. The summed E-state index contributed by atoms with van der Waals surface area (Å²) in [6, 6.07) is 29.8. The average Bonchev–Trinajstić information content (AvgIpc) is 3.71. The molecule has 0 aromatic heterocycles. The van der Waals surface area contributed by atoms with E-state index in [1.807, 2.05) is 71.2 Å². The summed E-state index contributed by atoms with van der Waals surface area (Å²) in [5, 5.41) is 0. The van der Waals surface area contributed by atoms with E-state index < -0.39 is 7.59 Å². The molecule has 3 aromatic rings. The third-order valence-corrected chi connectivity index (χ3v) is 10.5. The quantitative estimate of drug-likeness (QED) is 0.229. The molecule has 0 atom stereocenters. The molecule has 6 heterocycles. The first-order valence-electron chi connectivity index (χ1n) is 12.6. The van der Waals surface area contributed by atoms with Crippen LogP contribution in [0.15, 0.2) is 91.8 Å². The van der Waals surface area contributed by atoms with Gasteiger partial charge >= 0.3 is 0 Å². The third-order valence-electron chi connectivity index (χ3n) is 8.01. The molecular formula is C30H21IrN6OP-6. The fraction of sp³-hybridized carbons (Fsp3) is 0.100. The maximum atomic E-state index is 15.3. The second kappa shape index (κ2) is 8.28. The Morgan fingerprint density at radius 1 is 0.513 bits per heavy atom. The molecule has 0 spiro atoms. The van der Waals surface area contributed by atoms with Crippen molar-refractivity contribution in [3.05, 3.63) is 163 Å². The second-order valence-corrected chi connectivity index (χ2v) is 12.5. The van der Waals surface area contributed by atoms with Crippen molar-refractivity contribution in [2.75, 3.05) is 0 Å². The zero-order chi connectivity index (χ0) is 25.0. The van der Waals surface area contributed by atoms with Crippen LogP contribution in [0.5, 0.6) is 0 Å². The van der Waals surface area contributed by atoms with E-state index in [4.69, 9.17) is 0 Å². The van der Waals surface area contributed by atoms with Crippen molar-refractivity contribution < 1.29 is 24.7 Å². The summed E-state index contributed by atoms with van der Waals surface area (Å²) >= 11 is 0. The van der Waals surface area contributed by atoms with E-state index in [9.17, 15) is 0 Å². The smallest absolute Gasteiger partial charge is 0.277 e. The molecule has 6 aliphatic heterocycles. The van der Waals surface area contributed by atoms with Crippen molar-refractivity contribution in [2.45, 2.75) is 18.1 Å². The molecule has 3 aromatic carbocycles. The molecule has 0 unspecified atom stereocenters. The molecular weight excluding hydrogens is 684 g/mol. The van der Waals surface area contributed by atoms with Crippen LogP contribution in [-0.2, 0) is 24.7 Å². The van der Waals surface area contributed by atoms with E-state index in [0.717, 1.165) is 33.4 Å². The van der Waals surface area contributed by atoms with Gasteiger partial charge in [-0.2, -0.15) is 72.8 Å². The minimum absolute atomic E-state index is 0.